The van der Waals surface area contributed by atoms with E-state index in [0.29, 0.717) is 30.0 Å². The van der Waals surface area contributed by atoms with Gasteiger partial charge in [-0.1, -0.05) is 25.4 Å². The third-order valence-electron chi connectivity index (χ3n) is 7.12. The highest BCUT2D eigenvalue weighted by Crippen LogP contribution is 2.40. The molecule has 13 heteroatoms. The molecular formula is C28H28ClF4N7O. The molecule has 0 amide bonds. The van der Waals surface area contributed by atoms with E-state index in [1.807, 2.05) is 32.6 Å². The number of rotatable bonds is 4. The Hall–Kier alpha value is -3.77. The minimum Gasteiger partial charge on any atom is -0.394 e. The molecule has 3 aromatic heterocycles. The first-order chi connectivity index (χ1) is 19.3. The molecule has 1 fully saturated rings. The van der Waals surface area contributed by atoms with E-state index in [1.165, 1.54) is 4.57 Å². The van der Waals surface area contributed by atoms with Crippen LogP contribution in [0.4, 0.5) is 29.1 Å². The SMILES string of the molecule is Cc1ccnc(C(C)C)c1-n1c(=O)nc(N2C[C@@H](C)N[C@@H](C)C2)c2cc(F)c(-c3c(F)c(N)c(F)c(F)c3Cl)nc21. The van der Waals surface area contributed by atoms with Crippen LogP contribution in [0.1, 0.15) is 44.9 Å². The Morgan fingerprint density at radius 2 is 1.73 bits per heavy atom. The Balaban J connectivity index is 1.93. The summed E-state index contributed by atoms with van der Waals surface area (Å²) >= 11 is 5.98. The summed E-state index contributed by atoms with van der Waals surface area (Å²) in [5, 5.41) is 2.51. The van der Waals surface area contributed by atoms with Gasteiger partial charge in [-0.2, -0.15) is 4.98 Å². The van der Waals surface area contributed by atoms with Gasteiger partial charge in [0.05, 0.1) is 27.4 Å². The molecule has 0 spiro atoms. The quantitative estimate of drug-likeness (QED) is 0.145. The molecule has 5 rings (SSSR count). The van der Waals surface area contributed by atoms with E-state index in [-0.39, 0.29) is 34.9 Å². The maximum Gasteiger partial charge on any atom is 0.355 e. The molecule has 1 aliphatic rings. The third kappa shape index (κ3) is 4.78. The molecule has 4 heterocycles. The number of aromatic nitrogens is 4. The topological polar surface area (TPSA) is 102 Å². The number of halogens is 5. The number of aryl methyl sites for hydroxylation is 1. The van der Waals surface area contributed by atoms with Crippen molar-refractivity contribution in [1.82, 2.24) is 24.8 Å². The molecule has 3 N–H and O–H groups in total. The number of pyridine rings is 2. The molecule has 8 nitrogen and oxygen atoms in total. The van der Waals surface area contributed by atoms with Crippen molar-refractivity contribution in [2.45, 2.75) is 52.6 Å². The molecular weight excluding hydrogens is 562 g/mol. The maximum atomic E-state index is 15.8. The summed E-state index contributed by atoms with van der Waals surface area (Å²) in [6.07, 6.45) is 1.60. The van der Waals surface area contributed by atoms with Crippen molar-refractivity contribution in [2.24, 2.45) is 0 Å². The van der Waals surface area contributed by atoms with Gasteiger partial charge >= 0.3 is 5.69 Å². The van der Waals surface area contributed by atoms with E-state index in [2.05, 4.69) is 20.3 Å². The lowest BCUT2D eigenvalue weighted by Crippen LogP contribution is -2.55. The highest BCUT2D eigenvalue weighted by atomic mass is 35.5. The normalized spacial score (nSPS) is 17.6. The van der Waals surface area contributed by atoms with Gasteiger partial charge in [0.15, 0.2) is 28.9 Å². The number of nitrogens with zero attached hydrogens (tertiary/aromatic N) is 5. The van der Waals surface area contributed by atoms with Gasteiger partial charge in [0.2, 0.25) is 0 Å². The minimum absolute atomic E-state index is 0.0290. The van der Waals surface area contributed by atoms with Crippen LogP contribution in [-0.4, -0.2) is 44.7 Å². The molecule has 0 saturated carbocycles. The predicted molar refractivity (Wildman–Crippen MR) is 151 cm³/mol. The first kappa shape index (κ1) is 28.7. The Morgan fingerprint density at radius 3 is 2.37 bits per heavy atom. The third-order valence-corrected chi connectivity index (χ3v) is 7.47. The molecule has 2 atom stereocenters. The van der Waals surface area contributed by atoms with Crippen molar-refractivity contribution >= 4 is 34.1 Å². The predicted octanol–water partition coefficient (Wildman–Crippen LogP) is 5.25. The average molecular weight is 590 g/mol. The number of nitrogens with two attached hydrogens (primary N) is 1. The second-order valence-electron chi connectivity index (χ2n) is 10.7. The number of nitrogen functional groups attached to an aromatic ring is 1. The number of piperazine rings is 1. The first-order valence-corrected chi connectivity index (χ1v) is 13.4. The van der Waals surface area contributed by atoms with Crippen LogP contribution in [0.3, 0.4) is 0 Å². The average Bonchev–Trinajstić information content (AvgIpc) is 2.91. The van der Waals surface area contributed by atoms with Crippen molar-refractivity contribution in [2.75, 3.05) is 23.7 Å². The lowest BCUT2D eigenvalue weighted by Gasteiger charge is -2.37. The van der Waals surface area contributed by atoms with E-state index in [9.17, 15) is 13.6 Å². The van der Waals surface area contributed by atoms with Crippen LogP contribution in [0.5, 0.6) is 0 Å². The molecule has 0 unspecified atom stereocenters. The van der Waals surface area contributed by atoms with Gasteiger partial charge in [-0.25, -0.2) is 31.9 Å². The number of benzene rings is 1. The zero-order valence-corrected chi connectivity index (χ0v) is 23.7. The van der Waals surface area contributed by atoms with Crippen molar-refractivity contribution in [1.29, 1.82) is 0 Å². The van der Waals surface area contributed by atoms with E-state index in [4.69, 9.17) is 17.3 Å². The molecule has 1 aliphatic heterocycles. The highest BCUT2D eigenvalue weighted by molar-refractivity contribution is 6.33. The summed E-state index contributed by atoms with van der Waals surface area (Å²) in [7, 11) is 0. The van der Waals surface area contributed by atoms with Crippen LogP contribution < -0.4 is 21.6 Å². The summed E-state index contributed by atoms with van der Waals surface area (Å²) in [6, 6.07) is 2.80. The lowest BCUT2D eigenvalue weighted by atomic mass is 10.0. The molecule has 0 radical (unpaired) electrons. The van der Waals surface area contributed by atoms with Gasteiger partial charge in [0.1, 0.15) is 17.2 Å². The van der Waals surface area contributed by atoms with Gasteiger partial charge in [-0.15, -0.1) is 0 Å². The summed E-state index contributed by atoms with van der Waals surface area (Å²) < 4.78 is 60.9. The molecule has 41 heavy (non-hydrogen) atoms. The zero-order chi connectivity index (χ0) is 29.9. The van der Waals surface area contributed by atoms with Gasteiger partial charge in [-0.3, -0.25) is 4.98 Å². The van der Waals surface area contributed by atoms with Gasteiger partial charge in [0.25, 0.3) is 0 Å². The fourth-order valence-corrected chi connectivity index (χ4v) is 5.62. The Morgan fingerprint density at radius 1 is 1.07 bits per heavy atom. The second-order valence-corrected chi connectivity index (χ2v) is 11.1. The smallest absolute Gasteiger partial charge is 0.355 e. The molecule has 216 valence electrons. The fraction of sp³-hybridized carbons (Fsp3) is 0.357. The van der Waals surface area contributed by atoms with E-state index < -0.39 is 50.9 Å². The Kier molecular flexibility index (Phi) is 7.41. The summed E-state index contributed by atoms with van der Waals surface area (Å²) in [5.74, 6) is -5.88. The van der Waals surface area contributed by atoms with Crippen LogP contribution >= 0.6 is 11.6 Å². The van der Waals surface area contributed by atoms with E-state index in [0.717, 1.165) is 6.07 Å². The standard InChI is InChI=1S/C28H28ClF4N7O/c1-11(2)23-25(12(3)6-7-35-23)40-27-15(26(38-28(40)41)39-9-13(4)36-14(5)10-39)8-16(30)24(37-27)17-18(29)20(32)21(33)22(34)19(17)31/h6-8,11,13-14,36H,9-10,34H2,1-5H3/t13-,14+. The number of nitrogens with one attached hydrogen (secondary N) is 1. The summed E-state index contributed by atoms with van der Waals surface area (Å²) in [5.41, 5.74) is 3.40. The van der Waals surface area contributed by atoms with Crippen LogP contribution in [0.15, 0.2) is 23.1 Å². The van der Waals surface area contributed by atoms with Crippen molar-refractivity contribution < 1.29 is 17.6 Å². The lowest BCUT2D eigenvalue weighted by molar-refractivity contribution is 0.405. The largest absolute Gasteiger partial charge is 0.394 e. The van der Waals surface area contributed by atoms with Gasteiger partial charge < -0.3 is 16.0 Å². The number of hydrogen-bond donors (Lipinski definition) is 2. The highest BCUT2D eigenvalue weighted by Gasteiger charge is 2.30. The Bertz CT molecular complexity index is 1720. The van der Waals surface area contributed by atoms with Crippen LogP contribution in [0.2, 0.25) is 5.02 Å². The van der Waals surface area contributed by atoms with Crippen LogP contribution in [-0.2, 0) is 0 Å². The number of fused-ring (bicyclic) bond motifs is 1. The number of anilines is 2. The van der Waals surface area contributed by atoms with Crippen LogP contribution in [0.25, 0.3) is 28.0 Å². The monoisotopic (exact) mass is 589 g/mol. The zero-order valence-electron chi connectivity index (χ0n) is 23.0. The molecule has 1 aromatic carbocycles. The van der Waals surface area contributed by atoms with E-state index >= 15 is 8.78 Å². The number of hydrogen-bond acceptors (Lipinski definition) is 7. The van der Waals surface area contributed by atoms with Gasteiger partial charge in [0, 0.05) is 31.4 Å². The minimum atomic E-state index is -1.70. The van der Waals surface area contributed by atoms with Crippen molar-refractivity contribution in [3.05, 3.63) is 68.4 Å². The van der Waals surface area contributed by atoms with Crippen molar-refractivity contribution in [3.8, 4) is 16.9 Å². The maximum absolute atomic E-state index is 15.8. The Labute approximate surface area is 238 Å². The molecule has 0 aliphatic carbocycles. The first-order valence-electron chi connectivity index (χ1n) is 13.0. The molecule has 4 aromatic rings. The molecule has 1 saturated heterocycles. The summed E-state index contributed by atoms with van der Waals surface area (Å²) in [4.78, 5) is 28.9. The van der Waals surface area contributed by atoms with E-state index in [1.54, 1.807) is 19.2 Å². The fourth-order valence-electron chi connectivity index (χ4n) is 5.37. The van der Waals surface area contributed by atoms with Crippen LogP contribution in [0, 0.1) is 30.2 Å². The summed E-state index contributed by atoms with van der Waals surface area (Å²) in [6.45, 7) is 10.4. The van der Waals surface area contributed by atoms with Crippen molar-refractivity contribution in [3.63, 3.8) is 0 Å². The molecule has 0 bridgehead atoms. The van der Waals surface area contributed by atoms with Gasteiger partial charge in [-0.05, 0) is 44.4 Å². The second kappa shape index (κ2) is 10.6.